The van der Waals surface area contributed by atoms with Crippen LogP contribution in [0.25, 0.3) is 0 Å². The average molecular weight is 390 g/mol. The molecule has 2 aliphatic rings. The van der Waals surface area contributed by atoms with Gasteiger partial charge in [-0.2, -0.15) is 0 Å². The molecule has 5 nitrogen and oxygen atoms in total. The summed E-state index contributed by atoms with van der Waals surface area (Å²) in [6.45, 7) is 1.05. The zero-order chi connectivity index (χ0) is 18.3. The fourth-order valence-corrected chi connectivity index (χ4v) is 4.09. The van der Waals surface area contributed by atoms with Crippen molar-refractivity contribution in [1.29, 1.82) is 0 Å². The summed E-state index contributed by atoms with van der Waals surface area (Å²) >= 11 is 12.0. The number of para-hydroxylation sites is 1. The monoisotopic (exact) mass is 389 g/mol. The van der Waals surface area contributed by atoms with Crippen LogP contribution in [0.15, 0.2) is 42.5 Å². The molecular weight excluding hydrogens is 373 g/mol. The Morgan fingerprint density at radius 3 is 2.35 bits per heavy atom. The number of anilines is 1. The molecular formula is C19H17Cl2N3O2. The summed E-state index contributed by atoms with van der Waals surface area (Å²) in [6, 6.07) is 12.3. The van der Waals surface area contributed by atoms with Crippen LogP contribution in [-0.2, 0) is 0 Å². The van der Waals surface area contributed by atoms with Crippen molar-refractivity contribution in [3.8, 4) is 0 Å². The lowest BCUT2D eigenvalue weighted by Crippen LogP contribution is -2.62. The van der Waals surface area contributed by atoms with E-state index in [9.17, 15) is 9.59 Å². The maximum atomic E-state index is 12.7. The minimum Gasteiger partial charge on any atom is -0.362 e. The number of nitrogens with one attached hydrogen (secondary N) is 2. The highest BCUT2D eigenvalue weighted by Gasteiger charge is 2.41. The highest BCUT2D eigenvalue weighted by Crippen LogP contribution is 2.32. The molecule has 4 rings (SSSR count). The molecule has 0 radical (unpaired) electrons. The predicted molar refractivity (Wildman–Crippen MR) is 102 cm³/mol. The molecule has 134 valence electrons. The first kappa shape index (κ1) is 17.2. The standard InChI is InChI=1S/C19H17Cl2N3O2/c20-13-9-12(10-14(21)11-13)18(26)24-7-5-19(6-8-24)22-16-4-2-1-3-15(16)17(25)23-19/h1-4,9-11,22H,5-8H2,(H,23,25). The molecule has 2 aromatic carbocycles. The largest absolute Gasteiger partial charge is 0.362 e. The minimum absolute atomic E-state index is 0.0826. The summed E-state index contributed by atoms with van der Waals surface area (Å²) in [5.41, 5.74) is 1.43. The molecule has 2 amide bonds. The van der Waals surface area contributed by atoms with Crippen molar-refractivity contribution >= 4 is 40.7 Å². The van der Waals surface area contributed by atoms with E-state index in [-0.39, 0.29) is 11.8 Å². The zero-order valence-corrected chi connectivity index (χ0v) is 15.4. The maximum Gasteiger partial charge on any atom is 0.255 e. The van der Waals surface area contributed by atoms with Crippen LogP contribution >= 0.6 is 23.2 Å². The Labute approximate surface area is 161 Å². The number of fused-ring (bicyclic) bond motifs is 1. The lowest BCUT2D eigenvalue weighted by atomic mass is 9.92. The predicted octanol–water partition coefficient (Wildman–Crippen LogP) is 3.78. The Hall–Kier alpha value is -2.24. The normalized spacial score (nSPS) is 18.1. The minimum atomic E-state index is -0.520. The van der Waals surface area contributed by atoms with Crippen LogP contribution in [0, 0.1) is 0 Å². The van der Waals surface area contributed by atoms with Crippen LogP contribution in [-0.4, -0.2) is 35.5 Å². The Morgan fingerprint density at radius 1 is 1.00 bits per heavy atom. The number of hydrogen-bond donors (Lipinski definition) is 2. The highest BCUT2D eigenvalue weighted by molar-refractivity contribution is 6.35. The molecule has 0 saturated carbocycles. The van der Waals surface area contributed by atoms with Crippen LogP contribution < -0.4 is 10.6 Å². The van der Waals surface area contributed by atoms with E-state index < -0.39 is 5.66 Å². The van der Waals surface area contributed by atoms with Crippen molar-refractivity contribution in [2.45, 2.75) is 18.5 Å². The van der Waals surface area contributed by atoms with E-state index in [1.165, 1.54) is 0 Å². The van der Waals surface area contributed by atoms with Gasteiger partial charge in [0.2, 0.25) is 0 Å². The third-order valence-electron chi connectivity index (χ3n) is 4.91. The topological polar surface area (TPSA) is 61.4 Å². The lowest BCUT2D eigenvalue weighted by Gasteiger charge is -2.45. The van der Waals surface area contributed by atoms with Gasteiger partial charge < -0.3 is 15.5 Å². The van der Waals surface area contributed by atoms with E-state index >= 15 is 0 Å². The van der Waals surface area contributed by atoms with E-state index in [0.717, 1.165) is 5.69 Å². The van der Waals surface area contributed by atoms with E-state index in [0.29, 0.717) is 47.1 Å². The fourth-order valence-electron chi connectivity index (χ4n) is 3.57. The number of piperidine rings is 1. The quantitative estimate of drug-likeness (QED) is 0.779. The summed E-state index contributed by atoms with van der Waals surface area (Å²) in [7, 11) is 0. The van der Waals surface area contributed by atoms with Crippen LogP contribution in [0.5, 0.6) is 0 Å². The number of likely N-dealkylation sites (tertiary alicyclic amines) is 1. The molecule has 2 heterocycles. The third-order valence-corrected chi connectivity index (χ3v) is 5.35. The number of benzene rings is 2. The van der Waals surface area contributed by atoms with Crippen molar-refractivity contribution in [3.05, 3.63) is 63.6 Å². The molecule has 0 unspecified atom stereocenters. The number of carbonyl (C=O) groups excluding carboxylic acids is 2. The van der Waals surface area contributed by atoms with Gasteiger partial charge in [0.1, 0.15) is 5.66 Å². The van der Waals surface area contributed by atoms with Crippen molar-refractivity contribution in [2.75, 3.05) is 18.4 Å². The Morgan fingerprint density at radius 2 is 1.65 bits per heavy atom. The van der Waals surface area contributed by atoms with Gasteiger partial charge in [-0.1, -0.05) is 35.3 Å². The summed E-state index contributed by atoms with van der Waals surface area (Å²) in [6.07, 6.45) is 1.24. The summed E-state index contributed by atoms with van der Waals surface area (Å²) < 4.78 is 0. The van der Waals surface area contributed by atoms with Gasteiger partial charge in [-0.25, -0.2) is 0 Å². The van der Waals surface area contributed by atoms with Crippen molar-refractivity contribution in [1.82, 2.24) is 10.2 Å². The van der Waals surface area contributed by atoms with Crippen molar-refractivity contribution in [3.63, 3.8) is 0 Å². The number of carbonyl (C=O) groups is 2. The van der Waals surface area contributed by atoms with E-state index in [2.05, 4.69) is 10.6 Å². The molecule has 2 N–H and O–H groups in total. The lowest BCUT2D eigenvalue weighted by molar-refractivity contribution is 0.0639. The Bertz CT molecular complexity index is 872. The first-order chi connectivity index (χ1) is 12.5. The number of hydrogen-bond acceptors (Lipinski definition) is 3. The van der Waals surface area contributed by atoms with Gasteiger partial charge in [-0.3, -0.25) is 9.59 Å². The number of rotatable bonds is 1. The highest BCUT2D eigenvalue weighted by atomic mass is 35.5. The molecule has 1 saturated heterocycles. The van der Waals surface area contributed by atoms with Crippen LogP contribution in [0.4, 0.5) is 5.69 Å². The average Bonchev–Trinajstić information content (AvgIpc) is 2.61. The van der Waals surface area contributed by atoms with Crippen LogP contribution in [0.3, 0.4) is 0 Å². The smallest absolute Gasteiger partial charge is 0.255 e. The van der Waals surface area contributed by atoms with Crippen molar-refractivity contribution in [2.24, 2.45) is 0 Å². The number of nitrogens with zero attached hydrogens (tertiary/aromatic N) is 1. The molecule has 0 atom stereocenters. The molecule has 1 fully saturated rings. The zero-order valence-electron chi connectivity index (χ0n) is 13.9. The van der Waals surface area contributed by atoms with Crippen LogP contribution in [0.1, 0.15) is 33.6 Å². The van der Waals surface area contributed by atoms with E-state index in [1.807, 2.05) is 18.2 Å². The molecule has 0 bridgehead atoms. The molecule has 7 heteroatoms. The molecule has 0 aromatic heterocycles. The maximum absolute atomic E-state index is 12.7. The van der Waals surface area contributed by atoms with Gasteiger partial charge in [0.15, 0.2) is 0 Å². The van der Waals surface area contributed by atoms with Gasteiger partial charge in [0.25, 0.3) is 11.8 Å². The molecule has 1 spiro atoms. The number of amides is 2. The van der Waals surface area contributed by atoms with Crippen molar-refractivity contribution < 1.29 is 9.59 Å². The third kappa shape index (κ3) is 3.13. The molecule has 2 aromatic rings. The van der Waals surface area contributed by atoms with Gasteiger partial charge in [-0.15, -0.1) is 0 Å². The summed E-state index contributed by atoms with van der Waals surface area (Å²) in [4.78, 5) is 26.9. The summed E-state index contributed by atoms with van der Waals surface area (Å²) in [5, 5.41) is 7.40. The second kappa shape index (κ2) is 6.49. The summed E-state index contributed by atoms with van der Waals surface area (Å²) in [5.74, 6) is -0.187. The van der Waals surface area contributed by atoms with E-state index in [1.54, 1.807) is 29.2 Å². The fraction of sp³-hybridized carbons (Fsp3) is 0.263. The van der Waals surface area contributed by atoms with Gasteiger partial charge >= 0.3 is 0 Å². The Balaban J connectivity index is 1.49. The van der Waals surface area contributed by atoms with E-state index in [4.69, 9.17) is 23.2 Å². The second-order valence-corrected chi connectivity index (χ2v) is 7.53. The first-order valence-corrected chi connectivity index (χ1v) is 9.16. The van der Waals surface area contributed by atoms with Gasteiger partial charge in [-0.05, 0) is 30.3 Å². The molecule has 26 heavy (non-hydrogen) atoms. The number of halogens is 2. The van der Waals surface area contributed by atoms with Gasteiger partial charge in [0.05, 0.1) is 5.56 Å². The molecule has 0 aliphatic carbocycles. The van der Waals surface area contributed by atoms with Gasteiger partial charge in [0, 0.05) is 47.2 Å². The SMILES string of the molecule is O=C1NC2(CCN(C(=O)c3cc(Cl)cc(Cl)c3)CC2)Nc2ccccc21. The Kier molecular flexibility index (Phi) is 4.29. The first-order valence-electron chi connectivity index (χ1n) is 8.41. The molecule has 2 aliphatic heterocycles. The second-order valence-electron chi connectivity index (χ2n) is 6.66. The van der Waals surface area contributed by atoms with Crippen LogP contribution in [0.2, 0.25) is 10.0 Å².